The fraction of sp³-hybridized carbons (Fsp3) is 0.462. The van der Waals surface area contributed by atoms with Crippen LogP contribution in [0, 0.1) is 0 Å². The molecule has 0 aromatic heterocycles. The number of carbonyl (C=O) groups is 1. The maximum absolute atomic E-state index is 11.3. The molecule has 0 saturated heterocycles. The third-order valence-electron chi connectivity index (χ3n) is 2.42. The summed E-state index contributed by atoms with van der Waals surface area (Å²) in [6.45, 7) is 2.13. The van der Waals surface area contributed by atoms with Crippen LogP contribution in [-0.4, -0.2) is 24.4 Å². The highest BCUT2D eigenvalue weighted by atomic mass is 35.5. The van der Waals surface area contributed by atoms with Crippen LogP contribution >= 0.6 is 35.0 Å². The number of benzene rings is 1. The minimum Gasteiger partial charge on any atom is -0.465 e. The Morgan fingerprint density at radius 3 is 2.79 bits per heavy atom. The van der Waals surface area contributed by atoms with Crippen LogP contribution in [-0.2, 0) is 15.3 Å². The molecular weight excluding hydrogens is 305 g/mol. The first-order valence-electron chi connectivity index (χ1n) is 5.98. The van der Waals surface area contributed by atoms with Crippen LogP contribution in [0.4, 0.5) is 0 Å². The van der Waals surface area contributed by atoms with Gasteiger partial charge in [-0.15, -0.1) is 0 Å². The van der Waals surface area contributed by atoms with E-state index < -0.39 is 6.04 Å². The molecule has 19 heavy (non-hydrogen) atoms. The van der Waals surface area contributed by atoms with Crippen molar-refractivity contribution in [1.82, 2.24) is 0 Å². The van der Waals surface area contributed by atoms with E-state index in [-0.39, 0.29) is 5.97 Å². The number of hydrogen-bond acceptors (Lipinski definition) is 4. The number of carbonyl (C=O) groups excluding carboxylic acids is 1. The average Bonchev–Trinajstić information content (AvgIpc) is 2.38. The summed E-state index contributed by atoms with van der Waals surface area (Å²) in [4.78, 5) is 11.3. The van der Waals surface area contributed by atoms with Gasteiger partial charge >= 0.3 is 5.97 Å². The standard InChI is InChI=1S/C13H17Cl2NO2S/c1-2-18-13(17)12(16)5-6-19-8-9-3-4-10(14)11(15)7-9/h3-4,7,12H,2,5-6,8,16H2,1H3. The van der Waals surface area contributed by atoms with Crippen LogP contribution in [0.15, 0.2) is 18.2 Å². The van der Waals surface area contributed by atoms with Gasteiger partial charge in [0, 0.05) is 5.75 Å². The number of thioether (sulfide) groups is 1. The van der Waals surface area contributed by atoms with Crippen molar-refractivity contribution in [2.24, 2.45) is 5.73 Å². The van der Waals surface area contributed by atoms with Gasteiger partial charge in [0.25, 0.3) is 0 Å². The normalized spacial score (nSPS) is 12.2. The summed E-state index contributed by atoms with van der Waals surface area (Å²) in [6, 6.07) is 5.03. The molecule has 0 aliphatic carbocycles. The highest BCUT2D eigenvalue weighted by molar-refractivity contribution is 7.98. The molecule has 0 aliphatic heterocycles. The highest BCUT2D eigenvalue weighted by Gasteiger charge is 2.13. The number of esters is 1. The lowest BCUT2D eigenvalue weighted by atomic mass is 10.2. The van der Waals surface area contributed by atoms with Gasteiger partial charge in [-0.3, -0.25) is 4.79 Å². The van der Waals surface area contributed by atoms with Crippen LogP contribution in [0.3, 0.4) is 0 Å². The summed E-state index contributed by atoms with van der Waals surface area (Å²) in [6.07, 6.45) is 0.602. The molecule has 0 spiro atoms. The lowest BCUT2D eigenvalue weighted by Gasteiger charge is -2.10. The van der Waals surface area contributed by atoms with E-state index in [1.165, 1.54) is 0 Å². The quantitative estimate of drug-likeness (QED) is 0.616. The summed E-state index contributed by atoms with van der Waals surface area (Å²) in [5.74, 6) is 1.27. The predicted molar refractivity (Wildman–Crippen MR) is 81.8 cm³/mol. The molecule has 106 valence electrons. The van der Waals surface area contributed by atoms with E-state index in [1.807, 2.05) is 12.1 Å². The van der Waals surface area contributed by atoms with Crippen molar-refractivity contribution in [3.8, 4) is 0 Å². The first-order valence-corrected chi connectivity index (χ1v) is 7.89. The van der Waals surface area contributed by atoms with E-state index in [0.29, 0.717) is 23.1 Å². The highest BCUT2D eigenvalue weighted by Crippen LogP contribution is 2.24. The van der Waals surface area contributed by atoms with Crippen LogP contribution in [0.2, 0.25) is 10.0 Å². The van der Waals surface area contributed by atoms with Crippen molar-refractivity contribution in [2.45, 2.75) is 25.1 Å². The number of hydrogen-bond donors (Lipinski definition) is 1. The molecule has 0 bridgehead atoms. The minimum absolute atomic E-state index is 0.336. The van der Waals surface area contributed by atoms with Gasteiger partial charge in [0.15, 0.2) is 0 Å². The predicted octanol–water partition coefficient (Wildman–Crippen LogP) is 3.51. The zero-order chi connectivity index (χ0) is 14.3. The Balaban J connectivity index is 2.27. The van der Waals surface area contributed by atoms with Crippen molar-refractivity contribution in [3.63, 3.8) is 0 Å². The molecule has 3 nitrogen and oxygen atoms in total. The van der Waals surface area contributed by atoms with Crippen molar-refractivity contribution < 1.29 is 9.53 Å². The first-order chi connectivity index (χ1) is 9.04. The monoisotopic (exact) mass is 321 g/mol. The number of ether oxygens (including phenoxy) is 1. The van der Waals surface area contributed by atoms with E-state index in [4.69, 9.17) is 33.7 Å². The van der Waals surface area contributed by atoms with Gasteiger partial charge in [0.05, 0.1) is 16.7 Å². The molecule has 1 unspecified atom stereocenters. The van der Waals surface area contributed by atoms with Gasteiger partial charge in [-0.1, -0.05) is 29.3 Å². The maximum atomic E-state index is 11.3. The van der Waals surface area contributed by atoms with Crippen LogP contribution in [0.1, 0.15) is 18.9 Å². The molecule has 1 aromatic rings. The van der Waals surface area contributed by atoms with Crippen molar-refractivity contribution in [2.75, 3.05) is 12.4 Å². The molecule has 0 amide bonds. The molecule has 1 atom stereocenters. The zero-order valence-corrected chi connectivity index (χ0v) is 13.0. The first kappa shape index (κ1) is 16.6. The Morgan fingerprint density at radius 1 is 1.42 bits per heavy atom. The second kappa shape index (κ2) is 8.69. The smallest absolute Gasteiger partial charge is 0.322 e. The van der Waals surface area contributed by atoms with Crippen LogP contribution in [0.5, 0.6) is 0 Å². The third-order valence-corrected chi connectivity index (χ3v) is 4.22. The number of rotatable bonds is 7. The topological polar surface area (TPSA) is 52.3 Å². The Bertz CT molecular complexity index is 429. The fourth-order valence-corrected chi connectivity index (χ4v) is 2.70. The Hall–Kier alpha value is -0.420. The Kier molecular flexibility index (Phi) is 7.61. The Morgan fingerprint density at radius 2 is 2.16 bits per heavy atom. The van der Waals surface area contributed by atoms with E-state index in [9.17, 15) is 4.79 Å². The van der Waals surface area contributed by atoms with Crippen molar-refractivity contribution >= 4 is 40.9 Å². The van der Waals surface area contributed by atoms with Gasteiger partial charge in [-0.05, 0) is 36.8 Å². The molecular formula is C13H17Cl2NO2S. The second-order valence-electron chi connectivity index (χ2n) is 3.95. The lowest BCUT2D eigenvalue weighted by molar-refractivity contribution is -0.144. The largest absolute Gasteiger partial charge is 0.465 e. The van der Waals surface area contributed by atoms with Gasteiger partial charge in [-0.25, -0.2) is 0 Å². The average molecular weight is 322 g/mol. The van der Waals surface area contributed by atoms with E-state index >= 15 is 0 Å². The Labute approximate surface area is 127 Å². The summed E-state index contributed by atoms with van der Waals surface area (Å²) in [5.41, 5.74) is 6.80. The van der Waals surface area contributed by atoms with Gasteiger partial charge in [0.2, 0.25) is 0 Å². The molecule has 0 fully saturated rings. The van der Waals surface area contributed by atoms with Crippen molar-refractivity contribution in [3.05, 3.63) is 33.8 Å². The van der Waals surface area contributed by atoms with Gasteiger partial charge in [-0.2, -0.15) is 11.8 Å². The molecule has 0 radical (unpaired) electrons. The van der Waals surface area contributed by atoms with Crippen LogP contribution < -0.4 is 5.73 Å². The summed E-state index contributed by atoms with van der Waals surface area (Å²) in [5, 5.41) is 1.11. The number of halogens is 2. The maximum Gasteiger partial charge on any atom is 0.322 e. The second-order valence-corrected chi connectivity index (χ2v) is 5.87. The summed E-state index contributed by atoms with van der Waals surface area (Å²) in [7, 11) is 0. The van der Waals surface area contributed by atoms with Crippen LogP contribution in [0.25, 0.3) is 0 Å². The zero-order valence-electron chi connectivity index (χ0n) is 10.7. The molecule has 1 aromatic carbocycles. The summed E-state index contributed by atoms with van der Waals surface area (Å²) < 4.78 is 4.84. The molecule has 0 saturated carbocycles. The van der Waals surface area contributed by atoms with Crippen molar-refractivity contribution in [1.29, 1.82) is 0 Å². The number of nitrogens with two attached hydrogens (primary N) is 1. The molecule has 0 heterocycles. The lowest BCUT2D eigenvalue weighted by Crippen LogP contribution is -2.32. The molecule has 0 aliphatic rings. The fourth-order valence-electron chi connectivity index (χ4n) is 1.40. The SMILES string of the molecule is CCOC(=O)C(N)CCSCc1ccc(Cl)c(Cl)c1. The van der Waals surface area contributed by atoms with Gasteiger partial charge in [0.1, 0.15) is 6.04 Å². The minimum atomic E-state index is -0.541. The molecule has 2 N–H and O–H groups in total. The van der Waals surface area contributed by atoms with E-state index in [0.717, 1.165) is 17.1 Å². The third kappa shape index (κ3) is 6.04. The van der Waals surface area contributed by atoms with E-state index in [2.05, 4.69) is 0 Å². The van der Waals surface area contributed by atoms with E-state index in [1.54, 1.807) is 24.8 Å². The summed E-state index contributed by atoms with van der Waals surface area (Å²) >= 11 is 13.5. The molecule has 6 heteroatoms. The van der Waals surface area contributed by atoms with Gasteiger partial charge < -0.3 is 10.5 Å². The molecule has 1 rings (SSSR count).